The lowest BCUT2D eigenvalue weighted by Gasteiger charge is -2.17. The number of rotatable bonds is 3. The number of aromatic nitrogens is 1. The second-order valence-corrected chi connectivity index (χ2v) is 6.16. The molecule has 0 saturated carbocycles. The first-order valence-electron chi connectivity index (χ1n) is 8.62. The van der Waals surface area contributed by atoms with Gasteiger partial charge in [-0.2, -0.15) is 13.2 Å². The van der Waals surface area contributed by atoms with E-state index in [2.05, 4.69) is 15.0 Å². The predicted octanol–water partition coefficient (Wildman–Crippen LogP) is 4.35. The van der Waals surface area contributed by atoms with Gasteiger partial charge in [0.15, 0.2) is 0 Å². The minimum atomic E-state index is -4.45. The van der Waals surface area contributed by atoms with Crippen LogP contribution in [0.4, 0.5) is 13.2 Å². The van der Waals surface area contributed by atoms with Crippen LogP contribution in [0.2, 0.25) is 0 Å². The highest BCUT2D eigenvalue weighted by Gasteiger charge is 2.32. The lowest BCUT2D eigenvalue weighted by Crippen LogP contribution is -2.13. The van der Waals surface area contributed by atoms with Crippen molar-refractivity contribution in [2.45, 2.75) is 13.1 Å². The number of allylic oxidation sites excluding steroid dienone is 2. The zero-order valence-corrected chi connectivity index (χ0v) is 15.5. The van der Waals surface area contributed by atoms with Crippen LogP contribution in [0.25, 0.3) is 11.3 Å². The molecule has 4 nitrogen and oxygen atoms in total. The highest BCUT2D eigenvalue weighted by Crippen LogP contribution is 2.34. The largest absolute Gasteiger partial charge is 0.416 e. The molecule has 0 amide bonds. The third kappa shape index (κ3) is 3.74. The van der Waals surface area contributed by atoms with Crippen LogP contribution in [0.1, 0.15) is 34.7 Å². The van der Waals surface area contributed by atoms with E-state index in [0.717, 1.165) is 17.7 Å². The van der Waals surface area contributed by atoms with Crippen molar-refractivity contribution >= 4 is 23.2 Å². The fraction of sp³-hybridized carbons (Fsp3) is 0.190. The van der Waals surface area contributed by atoms with E-state index in [-0.39, 0.29) is 0 Å². The van der Waals surface area contributed by atoms with Crippen LogP contribution < -0.4 is 5.73 Å². The lowest BCUT2D eigenvalue weighted by molar-refractivity contribution is -0.137. The normalized spacial score (nSPS) is 15.1. The first-order chi connectivity index (χ1) is 13.4. The van der Waals surface area contributed by atoms with E-state index in [1.807, 2.05) is 0 Å². The zero-order valence-electron chi connectivity index (χ0n) is 15.5. The molecule has 0 unspecified atom stereocenters. The average molecular weight is 384 g/mol. The topological polar surface area (TPSA) is 63.6 Å². The van der Waals surface area contributed by atoms with Crippen LogP contribution in [-0.4, -0.2) is 30.5 Å². The number of benzene rings is 1. The fourth-order valence-corrected chi connectivity index (χ4v) is 3.10. The number of halogens is 3. The van der Waals surface area contributed by atoms with Crippen molar-refractivity contribution in [2.75, 3.05) is 13.6 Å². The number of nitrogens with two attached hydrogens (primary N) is 1. The second kappa shape index (κ2) is 7.80. The van der Waals surface area contributed by atoms with Crippen LogP contribution in [-0.2, 0) is 6.18 Å². The second-order valence-electron chi connectivity index (χ2n) is 6.16. The van der Waals surface area contributed by atoms with Crippen LogP contribution in [0.3, 0.4) is 0 Å². The molecule has 1 aromatic carbocycles. The Morgan fingerprint density at radius 2 is 1.96 bits per heavy atom. The van der Waals surface area contributed by atoms with Gasteiger partial charge < -0.3 is 5.73 Å². The SMILES string of the molecule is C/C=C(\C=NC)c1cc(C(F)(F)F)ccc1C1=NCC=C(N)c2cnccc21. The molecule has 0 spiro atoms. The smallest absolute Gasteiger partial charge is 0.398 e. The van der Waals surface area contributed by atoms with E-state index in [1.165, 1.54) is 12.3 Å². The van der Waals surface area contributed by atoms with Crippen LogP contribution in [0.15, 0.2) is 58.8 Å². The van der Waals surface area contributed by atoms with E-state index in [1.54, 1.807) is 44.6 Å². The molecule has 0 aliphatic carbocycles. The summed E-state index contributed by atoms with van der Waals surface area (Å²) in [6.07, 6.45) is 3.83. The summed E-state index contributed by atoms with van der Waals surface area (Å²) in [6.45, 7) is 2.08. The molecule has 2 aromatic rings. The molecule has 0 radical (unpaired) electrons. The molecule has 0 atom stereocenters. The summed E-state index contributed by atoms with van der Waals surface area (Å²) in [7, 11) is 1.57. The van der Waals surface area contributed by atoms with Gasteiger partial charge in [-0.25, -0.2) is 0 Å². The van der Waals surface area contributed by atoms with Crippen molar-refractivity contribution in [2.24, 2.45) is 15.7 Å². The molecule has 3 rings (SSSR count). The van der Waals surface area contributed by atoms with Gasteiger partial charge >= 0.3 is 6.18 Å². The van der Waals surface area contributed by atoms with Gasteiger partial charge in [-0.1, -0.05) is 12.1 Å². The molecule has 28 heavy (non-hydrogen) atoms. The molecule has 1 aromatic heterocycles. The summed E-state index contributed by atoms with van der Waals surface area (Å²) >= 11 is 0. The third-order valence-electron chi connectivity index (χ3n) is 4.44. The molecule has 7 heteroatoms. The van der Waals surface area contributed by atoms with Gasteiger partial charge in [0.2, 0.25) is 0 Å². The highest BCUT2D eigenvalue weighted by molar-refractivity contribution is 6.21. The van der Waals surface area contributed by atoms with E-state index >= 15 is 0 Å². The number of fused-ring (bicyclic) bond motifs is 1. The van der Waals surface area contributed by atoms with Crippen molar-refractivity contribution in [3.63, 3.8) is 0 Å². The number of aliphatic imine (C=N–C) groups is 2. The number of pyridine rings is 1. The Bertz CT molecular complexity index is 1010. The van der Waals surface area contributed by atoms with E-state index in [4.69, 9.17) is 5.73 Å². The molecular weight excluding hydrogens is 365 g/mol. The van der Waals surface area contributed by atoms with Gasteiger partial charge in [0.25, 0.3) is 0 Å². The summed E-state index contributed by atoms with van der Waals surface area (Å²) in [5.74, 6) is 0. The predicted molar refractivity (Wildman–Crippen MR) is 106 cm³/mol. The molecular formula is C21H19F3N4. The van der Waals surface area contributed by atoms with Gasteiger partial charge in [0.1, 0.15) is 0 Å². The Morgan fingerprint density at radius 1 is 1.18 bits per heavy atom. The maximum absolute atomic E-state index is 13.3. The quantitative estimate of drug-likeness (QED) is 0.800. The summed E-state index contributed by atoms with van der Waals surface area (Å²) < 4.78 is 40.0. The van der Waals surface area contributed by atoms with Crippen LogP contribution in [0, 0.1) is 0 Å². The van der Waals surface area contributed by atoms with Gasteiger partial charge in [-0.3, -0.25) is 15.0 Å². The number of hydrogen-bond acceptors (Lipinski definition) is 4. The summed E-state index contributed by atoms with van der Waals surface area (Å²) in [5, 5.41) is 0. The van der Waals surface area contributed by atoms with Crippen molar-refractivity contribution < 1.29 is 13.2 Å². The zero-order chi connectivity index (χ0) is 20.3. The average Bonchev–Trinajstić information content (AvgIpc) is 2.84. The Morgan fingerprint density at radius 3 is 2.64 bits per heavy atom. The minimum absolute atomic E-state index is 0.323. The molecule has 1 aliphatic rings. The summed E-state index contributed by atoms with van der Waals surface area (Å²) in [4.78, 5) is 12.7. The maximum Gasteiger partial charge on any atom is 0.416 e. The van der Waals surface area contributed by atoms with E-state index in [9.17, 15) is 13.2 Å². The van der Waals surface area contributed by atoms with Crippen molar-refractivity contribution in [1.29, 1.82) is 0 Å². The molecule has 0 bridgehead atoms. The molecule has 2 heterocycles. The van der Waals surface area contributed by atoms with Crippen LogP contribution in [0.5, 0.6) is 0 Å². The Balaban J connectivity index is 2.28. The number of alkyl halides is 3. The highest BCUT2D eigenvalue weighted by atomic mass is 19.4. The Hall–Kier alpha value is -3.22. The van der Waals surface area contributed by atoms with Gasteiger partial charge in [-0.15, -0.1) is 0 Å². The van der Waals surface area contributed by atoms with Gasteiger partial charge in [-0.05, 0) is 42.3 Å². The number of nitrogens with zero attached hydrogens (tertiary/aromatic N) is 3. The van der Waals surface area contributed by atoms with Gasteiger partial charge in [0.05, 0.1) is 17.8 Å². The van der Waals surface area contributed by atoms with E-state index in [0.29, 0.717) is 40.2 Å². The monoisotopic (exact) mass is 384 g/mol. The molecule has 1 aliphatic heterocycles. The fourth-order valence-electron chi connectivity index (χ4n) is 3.10. The first kappa shape index (κ1) is 19.5. The Labute approximate surface area is 161 Å². The molecule has 144 valence electrons. The minimum Gasteiger partial charge on any atom is -0.398 e. The lowest BCUT2D eigenvalue weighted by atomic mass is 9.90. The van der Waals surface area contributed by atoms with Gasteiger partial charge in [0, 0.05) is 48.0 Å². The molecule has 0 saturated heterocycles. The standard InChI is InChI=1S/C21H19F3N4/c1-3-13(11-26-2)17-10-14(21(22,23)24)4-5-15(17)20-16-6-8-27-12-18(16)19(25)7-9-28-20/h3-8,10-12H,9,25H2,1-2H3/b13-3+,26-11?. The first-order valence-corrected chi connectivity index (χ1v) is 8.62. The van der Waals surface area contributed by atoms with Crippen LogP contribution >= 0.6 is 0 Å². The molecule has 2 N–H and O–H groups in total. The third-order valence-corrected chi connectivity index (χ3v) is 4.44. The molecule has 0 fully saturated rings. The summed E-state index contributed by atoms with van der Waals surface area (Å²) in [6, 6.07) is 5.43. The van der Waals surface area contributed by atoms with E-state index < -0.39 is 11.7 Å². The van der Waals surface area contributed by atoms with Crippen molar-refractivity contribution in [3.8, 4) is 0 Å². The summed E-state index contributed by atoms with van der Waals surface area (Å²) in [5.41, 5.74) is 9.49. The Kier molecular flexibility index (Phi) is 5.44. The number of hydrogen-bond donors (Lipinski definition) is 1. The maximum atomic E-state index is 13.3. The van der Waals surface area contributed by atoms with Crippen molar-refractivity contribution in [1.82, 2.24) is 4.98 Å². The van der Waals surface area contributed by atoms with Crippen molar-refractivity contribution in [3.05, 3.63) is 76.6 Å².